The van der Waals surface area contributed by atoms with Gasteiger partial charge in [-0.2, -0.15) is 0 Å². The molecule has 3 N–H and O–H groups in total. The molecular formula is C13H22N4. The summed E-state index contributed by atoms with van der Waals surface area (Å²) >= 11 is 0. The van der Waals surface area contributed by atoms with E-state index in [0.29, 0.717) is 12.5 Å². The number of nitrogens with one attached hydrogen (secondary N) is 1. The molecule has 1 fully saturated rings. The van der Waals surface area contributed by atoms with Crippen LogP contribution in [-0.4, -0.2) is 22.1 Å². The molecule has 0 saturated heterocycles. The smallest absolute Gasteiger partial charge is 0.130 e. The molecule has 2 unspecified atom stereocenters. The Morgan fingerprint density at radius 3 is 2.94 bits per heavy atom. The molecule has 0 spiro atoms. The van der Waals surface area contributed by atoms with Crippen molar-refractivity contribution in [2.75, 3.05) is 11.9 Å². The van der Waals surface area contributed by atoms with Crippen molar-refractivity contribution in [3.05, 3.63) is 18.1 Å². The average molecular weight is 234 g/mol. The molecule has 0 amide bonds. The van der Waals surface area contributed by atoms with E-state index in [9.17, 15) is 0 Å². The fourth-order valence-electron chi connectivity index (χ4n) is 2.73. The largest absolute Gasteiger partial charge is 0.363 e. The molecular weight excluding hydrogens is 212 g/mol. The van der Waals surface area contributed by atoms with E-state index in [4.69, 9.17) is 5.73 Å². The van der Waals surface area contributed by atoms with Gasteiger partial charge in [-0.3, -0.25) is 0 Å². The van der Waals surface area contributed by atoms with E-state index in [1.165, 1.54) is 19.3 Å². The molecule has 17 heavy (non-hydrogen) atoms. The van der Waals surface area contributed by atoms with Crippen LogP contribution in [0.4, 0.5) is 5.82 Å². The van der Waals surface area contributed by atoms with Crippen LogP contribution in [0.15, 0.2) is 12.4 Å². The lowest BCUT2D eigenvalue weighted by Crippen LogP contribution is -2.52. The Kier molecular flexibility index (Phi) is 3.62. The van der Waals surface area contributed by atoms with Crippen LogP contribution in [0.1, 0.15) is 38.3 Å². The third kappa shape index (κ3) is 2.57. The highest BCUT2D eigenvalue weighted by Crippen LogP contribution is 2.35. The van der Waals surface area contributed by atoms with E-state index in [2.05, 4.69) is 22.2 Å². The van der Waals surface area contributed by atoms with Crippen LogP contribution in [-0.2, 0) is 0 Å². The first-order valence-corrected chi connectivity index (χ1v) is 6.43. The summed E-state index contributed by atoms with van der Waals surface area (Å²) in [6.45, 7) is 4.93. The van der Waals surface area contributed by atoms with Gasteiger partial charge in [-0.05, 0) is 25.7 Å². The van der Waals surface area contributed by atoms with Crippen LogP contribution in [0.3, 0.4) is 0 Å². The highest BCUT2D eigenvalue weighted by Gasteiger charge is 2.37. The Hall–Kier alpha value is -1.16. The molecule has 1 aromatic rings. The molecule has 0 radical (unpaired) electrons. The maximum Gasteiger partial charge on any atom is 0.130 e. The lowest BCUT2D eigenvalue weighted by atomic mass is 9.73. The van der Waals surface area contributed by atoms with E-state index >= 15 is 0 Å². The Morgan fingerprint density at radius 2 is 2.29 bits per heavy atom. The van der Waals surface area contributed by atoms with Crippen LogP contribution in [0.5, 0.6) is 0 Å². The molecule has 1 aliphatic carbocycles. The van der Waals surface area contributed by atoms with Gasteiger partial charge in [0.1, 0.15) is 12.1 Å². The highest BCUT2D eigenvalue weighted by molar-refractivity contribution is 5.39. The van der Waals surface area contributed by atoms with Crippen molar-refractivity contribution in [1.29, 1.82) is 0 Å². The van der Waals surface area contributed by atoms with E-state index in [1.807, 2.05) is 13.0 Å². The first-order chi connectivity index (χ1) is 8.16. The summed E-state index contributed by atoms with van der Waals surface area (Å²) in [4.78, 5) is 8.40. The molecule has 0 aromatic carbocycles. The van der Waals surface area contributed by atoms with Crippen LogP contribution in [0.2, 0.25) is 0 Å². The summed E-state index contributed by atoms with van der Waals surface area (Å²) in [6, 6.07) is 1.98. The summed E-state index contributed by atoms with van der Waals surface area (Å²) < 4.78 is 0. The first-order valence-electron chi connectivity index (χ1n) is 6.43. The first kappa shape index (κ1) is 12.3. The number of nitrogens with zero attached hydrogens (tertiary/aromatic N) is 2. The summed E-state index contributed by atoms with van der Waals surface area (Å²) in [5, 5.41) is 3.56. The van der Waals surface area contributed by atoms with E-state index in [1.54, 1.807) is 6.33 Å². The average Bonchev–Trinajstić information content (AvgIpc) is 2.32. The second-order valence-corrected chi connectivity index (χ2v) is 5.18. The van der Waals surface area contributed by atoms with Crippen molar-refractivity contribution in [1.82, 2.24) is 9.97 Å². The molecule has 0 bridgehead atoms. The number of aromatic nitrogens is 2. The zero-order valence-electron chi connectivity index (χ0n) is 10.7. The second-order valence-electron chi connectivity index (χ2n) is 5.18. The maximum absolute atomic E-state index is 6.01. The van der Waals surface area contributed by atoms with Crippen molar-refractivity contribution in [2.45, 2.75) is 45.1 Å². The summed E-state index contributed by atoms with van der Waals surface area (Å²) in [5.74, 6) is 1.49. The minimum absolute atomic E-state index is 0.0129. The quantitative estimate of drug-likeness (QED) is 0.840. The summed E-state index contributed by atoms with van der Waals surface area (Å²) in [7, 11) is 0. The second kappa shape index (κ2) is 5.00. The fraction of sp³-hybridized carbons (Fsp3) is 0.692. The summed E-state index contributed by atoms with van der Waals surface area (Å²) in [5.41, 5.74) is 7.01. The van der Waals surface area contributed by atoms with Crippen molar-refractivity contribution < 1.29 is 0 Å². The van der Waals surface area contributed by atoms with Gasteiger partial charge in [0.25, 0.3) is 0 Å². The number of hydrogen-bond donors (Lipinski definition) is 2. The molecule has 1 heterocycles. The SMILES string of the molecule is Cc1cc(NC2(CN)CCCCC2C)ncn1. The van der Waals surface area contributed by atoms with Crippen LogP contribution >= 0.6 is 0 Å². The van der Waals surface area contributed by atoms with Gasteiger partial charge in [0, 0.05) is 18.3 Å². The van der Waals surface area contributed by atoms with E-state index in [-0.39, 0.29) is 5.54 Å². The molecule has 1 aliphatic rings. The number of hydrogen-bond acceptors (Lipinski definition) is 4. The monoisotopic (exact) mass is 234 g/mol. The Morgan fingerprint density at radius 1 is 1.47 bits per heavy atom. The Bertz CT molecular complexity index is 379. The number of rotatable bonds is 3. The number of anilines is 1. The molecule has 1 saturated carbocycles. The zero-order chi connectivity index (χ0) is 12.3. The minimum atomic E-state index is 0.0129. The van der Waals surface area contributed by atoms with E-state index in [0.717, 1.165) is 17.9 Å². The van der Waals surface area contributed by atoms with Crippen molar-refractivity contribution in [2.24, 2.45) is 11.7 Å². The molecule has 4 heteroatoms. The van der Waals surface area contributed by atoms with E-state index < -0.39 is 0 Å². The topological polar surface area (TPSA) is 63.8 Å². The molecule has 94 valence electrons. The van der Waals surface area contributed by atoms with Gasteiger partial charge in [-0.1, -0.05) is 19.8 Å². The van der Waals surface area contributed by atoms with Gasteiger partial charge in [0.2, 0.25) is 0 Å². The minimum Gasteiger partial charge on any atom is -0.363 e. The third-order valence-electron chi connectivity index (χ3n) is 4.00. The van der Waals surface area contributed by atoms with Gasteiger partial charge < -0.3 is 11.1 Å². The van der Waals surface area contributed by atoms with Crippen molar-refractivity contribution in [3.8, 4) is 0 Å². The maximum atomic E-state index is 6.01. The van der Waals surface area contributed by atoms with Crippen molar-refractivity contribution >= 4 is 5.82 Å². The molecule has 1 aromatic heterocycles. The van der Waals surface area contributed by atoms with Crippen LogP contribution in [0, 0.1) is 12.8 Å². The highest BCUT2D eigenvalue weighted by atomic mass is 15.1. The third-order valence-corrected chi connectivity index (χ3v) is 4.00. The lowest BCUT2D eigenvalue weighted by molar-refractivity contribution is 0.235. The van der Waals surface area contributed by atoms with Crippen LogP contribution in [0.25, 0.3) is 0 Å². The Balaban J connectivity index is 2.18. The zero-order valence-corrected chi connectivity index (χ0v) is 10.7. The predicted molar refractivity (Wildman–Crippen MR) is 69.8 cm³/mol. The number of aryl methyl sites for hydroxylation is 1. The molecule has 4 nitrogen and oxygen atoms in total. The standard InChI is InChI=1S/C13H22N4/c1-10-5-3-4-6-13(10,8-14)17-12-7-11(2)15-9-16-12/h7,9-10H,3-6,8,14H2,1-2H3,(H,15,16,17). The van der Waals surface area contributed by atoms with Gasteiger partial charge in [0.05, 0.1) is 5.54 Å². The molecule has 2 rings (SSSR count). The molecule has 2 atom stereocenters. The van der Waals surface area contributed by atoms with Crippen molar-refractivity contribution in [3.63, 3.8) is 0 Å². The lowest BCUT2D eigenvalue weighted by Gasteiger charge is -2.43. The van der Waals surface area contributed by atoms with Gasteiger partial charge >= 0.3 is 0 Å². The number of nitrogens with two attached hydrogens (primary N) is 1. The predicted octanol–water partition coefficient (Wildman–Crippen LogP) is 2.10. The normalized spacial score (nSPS) is 29.0. The van der Waals surface area contributed by atoms with Gasteiger partial charge in [-0.25, -0.2) is 9.97 Å². The molecule has 0 aliphatic heterocycles. The summed E-state index contributed by atoms with van der Waals surface area (Å²) in [6.07, 6.45) is 6.55. The van der Waals surface area contributed by atoms with Gasteiger partial charge in [0.15, 0.2) is 0 Å². The van der Waals surface area contributed by atoms with Gasteiger partial charge in [-0.15, -0.1) is 0 Å². The fourth-order valence-corrected chi connectivity index (χ4v) is 2.73. The Labute approximate surface area is 103 Å². The van der Waals surface area contributed by atoms with Crippen LogP contribution < -0.4 is 11.1 Å².